The summed E-state index contributed by atoms with van der Waals surface area (Å²) in [7, 11) is 1.64. The van der Waals surface area contributed by atoms with Crippen molar-refractivity contribution >= 4 is 5.91 Å². The van der Waals surface area contributed by atoms with Gasteiger partial charge in [-0.3, -0.25) is 4.79 Å². The number of benzene rings is 2. The van der Waals surface area contributed by atoms with E-state index in [-0.39, 0.29) is 17.8 Å². The van der Waals surface area contributed by atoms with Crippen LogP contribution in [0, 0.1) is 5.82 Å². The molecule has 6 heteroatoms. The maximum Gasteiger partial charge on any atom is 0.222 e. The lowest BCUT2D eigenvalue weighted by Crippen LogP contribution is -2.41. The van der Waals surface area contributed by atoms with E-state index in [9.17, 15) is 9.18 Å². The standard InChI is InChI=1S/C23H28FNO4/c1-27-20-7-2-18(3-8-20)4-11-23(26)25-14-12-22(13-15-25)29-17-16-28-21-9-5-19(24)6-10-21/h2-3,5-10,22H,4,11-17H2,1H3. The van der Waals surface area contributed by atoms with Crippen molar-refractivity contribution in [3.8, 4) is 11.5 Å². The molecule has 2 aromatic rings. The Morgan fingerprint density at radius 2 is 1.66 bits per heavy atom. The highest BCUT2D eigenvalue weighted by Gasteiger charge is 2.22. The predicted molar refractivity (Wildman–Crippen MR) is 109 cm³/mol. The number of nitrogens with zero attached hydrogens (tertiary/aromatic N) is 1. The molecule has 0 spiro atoms. The number of hydrogen-bond acceptors (Lipinski definition) is 4. The zero-order valence-corrected chi connectivity index (χ0v) is 16.8. The fraction of sp³-hybridized carbons (Fsp3) is 0.435. The molecule has 0 aromatic heterocycles. The summed E-state index contributed by atoms with van der Waals surface area (Å²) in [5.74, 6) is 1.37. The van der Waals surface area contributed by atoms with Crippen LogP contribution in [0.4, 0.5) is 4.39 Å². The number of hydrogen-bond donors (Lipinski definition) is 0. The van der Waals surface area contributed by atoms with Crippen LogP contribution >= 0.6 is 0 Å². The molecule has 0 saturated carbocycles. The summed E-state index contributed by atoms with van der Waals surface area (Å²) in [5.41, 5.74) is 1.14. The van der Waals surface area contributed by atoms with Gasteiger partial charge in [0.25, 0.3) is 0 Å². The molecule has 1 amide bonds. The molecule has 29 heavy (non-hydrogen) atoms. The van der Waals surface area contributed by atoms with Gasteiger partial charge < -0.3 is 19.1 Å². The Morgan fingerprint density at radius 1 is 1.00 bits per heavy atom. The van der Waals surface area contributed by atoms with Crippen LogP contribution in [0.5, 0.6) is 11.5 Å². The number of amides is 1. The Bertz CT molecular complexity index is 755. The highest BCUT2D eigenvalue weighted by molar-refractivity contribution is 5.76. The minimum Gasteiger partial charge on any atom is -0.497 e. The monoisotopic (exact) mass is 401 g/mol. The average molecular weight is 401 g/mol. The van der Waals surface area contributed by atoms with Gasteiger partial charge in [0, 0.05) is 19.5 Å². The van der Waals surface area contributed by atoms with E-state index >= 15 is 0 Å². The highest BCUT2D eigenvalue weighted by Crippen LogP contribution is 2.17. The van der Waals surface area contributed by atoms with Gasteiger partial charge in [0.15, 0.2) is 0 Å². The first-order chi connectivity index (χ1) is 14.1. The first-order valence-corrected chi connectivity index (χ1v) is 10.0. The molecule has 1 heterocycles. The number of halogens is 1. The number of carbonyl (C=O) groups excluding carboxylic acids is 1. The van der Waals surface area contributed by atoms with Crippen molar-refractivity contribution in [1.29, 1.82) is 0 Å². The van der Waals surface area contributed by atoms with Gasteiger partial charge in [-0.25, -0.2) is 4.39 Å². The molecule has 1 aliphatic rings. The highest BCUT2D eigenvalue weighted by atomic mass is 19.1. The van der Waals surface area contributed by atoms with Crippen LogP contribution in [0.2, 0.25) is 0 Å². The van der Waals surface area contributed by atoms with Crippen LogP contribution in [0.15, 0.2) is 48.5 Å². The largest absolute Gasteiger partial charge is 0.497 e. The zero-order chi connectivity index (χ0) is 20.5. The van der Waals surface area contributed by atoms with Gasteiger partial charge in [0.1, 0.15) is 23.9 Å². The van der Waals surface area contributed by atoms with Crippen molar-refractivity contribution in [1.82, 2.24) is 4.90 Å². The fourth-order valence-electron chi connectivity index (χ4n) is 3.38. The maximum atomic E-state index is 12.9. The first-order valence-electron chi connectivity index (χ1n) is 10.0. The summed E-state index contributed by atoms with van der Waals surface area (Å²) >= 11 is 0. The number of carbonyl (C=O) groups is 1. The van der Waals surface area contributed by atoms with Crippen molar-refractivity contribution in [2.75, 3.05) is 33.4 Å². The lowest BCUT2D eigenvalue weighted by molar-refractivity contribution is -0.133. The van der Waals surface area contributed by atoms with Crippen LogP contribution in [0.3, 0.4) is 0 Å². The quantitative estimate of drug-likeness (QED) is 0.599. The molecule has 1 saturated heterocycles. The smallest absolute Gasteiger partial charge is 0.222 e. The van der Waals surface area contributed by atoms with E-state index in [1.54, 1.807) is 19.2 Å². The molecule has 0 bridgehead atoms. The Labute approximate surface area is 171 Å². The topological polar surface area (TPSA) is 48.0 Å². The second-order valence-corrected chi connectivity index (χ2v) is 7.10. The van der Waals surface area contributed by atoms with E-state index < -0.39 is 0 Å². The van der Waals surface area contributed by atoms with Crippen molar-refractivity contribution in [3.05, 3.63) is 59.9 Å². The van der Waals surface area contributed by atoms with Crippen LogP contribution in [0.1, 0.15) is 24.8 Å². The van der Waals surface area contributed by atoms with E-state index in [0.717, 1.165) is 43.7 Å². The van der Waals surface area contributed by atoms with Gasteiger partial charge in [-0.05, 0) is 61.2 Å². The molecule has 1 aliphatic heterocycles. The zero-order valence-electron chi connectivity index (χ0n) is 16.8. The van der Waals surface area contributed by atoms with Crippen molar-refractivity contribution in [2.45, 2.75) is 31.8 Å². The second-order valence-electron chi connectivity index (χ2n) is 7.10. The molecule has 0 unspecified atom stereocenters. The second kappa shape index (κ2) is 10.8. The summed E-state index contributed by atoms with van der Waals surface area (Å²) in [6.45, 7) is 2.36. The van der Waals surface area contributed by atoms with Crippen LogP contribution < -0.4 is 9.47 Å². The lowest BCUT2D eigenvalue weighted by Gasteiger charge is -2.32. The SMILES string of the molecule is COc1ccc(CCC(=O)N2CCC(OCCOc3ccc(F)cc3)CC2)cc1. The third-order valence-corrected chi connectivity index (χ3v) is 5.10. The maximum absolute atomic E-state index is 12.9. The third-order valence-electron chi connectivity index (χ3n) is 5.10. The Balaban J connectivity index is 1.30. The van der Waals surface area contributed by atoms with E-state index in [1.807, 2.05) is 29.2 Å². The Kier molecular flexibility index (Phi) is 7.87. The number of rotatable bonds is 9. The summed E-state index contributed by atoms with van der Waals surface area (Å²) in [6.07, 6.45) is 3.08. The Morgan fingerprint density at radius 3 is 2.31 bits per heavy atom. The summed E-state index contributed by atoms with van der Waals surface area (Å²) < 4.78 is 29.4. The van der Waals surface area contributed by atoms with E-state index in [4.69, 9.17) is 14.2 Å². The lowest BCUT2D eigenvalue weighted by atomic mass is 10.1. The summed E-state index contributed by atoms with van der Waals surface area (Å²) in [6, 6.07) is 13.8. The number of likely N-dealkylation sites (tertiary alicyclic amines) is 1. The Hall–Kier alpha value is -2.60. The summed E-state index contributed by atoms with van der Waals surface area (Å²) in [4.78, 5) is 14.4. The van der Waals surface area contributed by atoms with Gasteiger partial charge in [-0.2, -0.15) is 0 Å². The molecule has 0 N–H and O–H groups in total. The fourth-order valence-corrected chi connectivity index (χ4v) is 3.38. The van der Waals surface area contributed by atoms with Gasteiger partial charge in [-0.15, -0.1) is 0 Å². The van der Waals surface area contributed by atoms with E-state index in [0.29, 0.717) is 25.4 Å². The molecule has 156 valence electrons. The molecule has 2 aromatic carbocycles. The van der Waals surface area contributed by atoms with Crippen molar-refractivity contribution < 1.29 is 23.4 Å². The number of ether oxygens (including phenoxy) is 3. The average Bonchev–Trinajstić information content (AvgIpc) is 2.77. The van der Waals surface area contributed by atoms with Crippen molar-refractivity contribution in [2.24, 2.45) is 0 Å². The number of methoxy groups -OCH3 is 1. The molecular formula is C23H28FNO4. The number of aryl methyl sites for hydroxylation is 1. The molecule has 3 rings (SSSR count). The molecule has 1 fully saturated rings. The molecule has 0 aliphatic carbocycles. The predicted octanol–water partition coefficient (Wildman–Crippen LogP) is 3.85. The normalized spacial score (nSPS) is 14.6. The van der Waals surface area contributed by atoms with E-state index in [1.165, 1.54) is 12.1 Å². The molecule has 0 radical (unpaired) electrons. The molecular weight excluding hydrogens is 373 g/mol. The first kappa shape index (κ1) is 21.1. The van der Waals surface area contributed by atoms with Crippen LogP contribution in [-0.4, -0.2) is 50.3 Å². The van der Waals surface area contributed by atoms with Crippen molar-refractivity contribution in [3.63, 3.8) is 0 Å². The van der Waals surface area contributed by atoms with E-state index in [2.05, 4.69) is 0 Å². The molecule has 5 nitrogen and oxygen atoms in total. The number of piperidine rings is 1. The summed E-state index contributed by atoms with van der Waals surface area (Å²) in [5, 5.41) is 0. The van der Waals surface area contributed by atoms with Gasteiger partial charge in [-0.1, -0.05) is 12.1 Å². The van der Waals surface area contributed by atoms with Crippen LogP contribution in [0.25, 0.3) is 0 Å². The minimum absolute atomic E-state index is 0.150. The minimum atomic E-state index is -0.279. The van der Waals surface area contributed by atoms with Gasteiger partial charge in [0.05, 0.1) is 19.8 Å². The third kappa shape index (κ3) is 6.75. The van der Waals surface area contributed by atoms with Crippen LogP contribution in [-0.2, 0) is 16.0 Å². The molecule has 0 atom stereocenters. The van der Waals surface area contributed by atoms with Gasteiger partial charge >= 0.3 is 0 Å². The van der Waals surface area contributed by atoms with Gasteiger partial charge in [0.2, 0.25) is 5.91 Å².